The van der Waals surface area contributed by atoms with Gasteiger partial charge in [0.05, 0.1) is 0 Å². The molecule has 0 saturated carbocycles. The maximum atomic E-state index is 13.2. The number of aromatic nitrogens is 4. The number of piperazine rings is 1. The van der Waals surface area contributed by atoms with Gasteiger partial charge in [0.15, 0.2) is 5.65 Å². The SMILES string of the molecule is O=C(C1CCN(c2ccc3nnc(C(F)(F)F)n3n2)CC1)N1CCN(c2ccc(Cl)cc2)CC1. The molecule has 0 unspecified atom stereocenters. The lowest BCUT2D eigenvalue weighted by atomic mass is 9.95. The lowest BCUT2D eigenvalue weighted by Gasteiger charge is -2.39. The first-order valence-electron chi connectivity index (χ1n) is 11.1. The van der Waals surface area contributed by atoms with E-state index in [9.17, 15) is 18.0 Å². The van der Waals surface area contributed by atoms with Crippen molar-refractivity contribution in [3.63, 3.8) is 0 Å². The highest BCUT2D eigenvalue weighted by atomic mass is 35.5. The summed E-state index contributed by atoms with van der Waals surface area (Å²) in [4.78, 5) is 19.2. The van der Waals surface area contributed by atoms with Gasteiger partial charge >= 0.3 is 6.18 Å². The largest absolute Gasteiger partial charge is 0.453 e. The summed E-state index contributed by atoms with van der Waals surface area (Å²) in [5.74, 6) is -0.674. The molecule has 2 aliphatic heterocycles. The van der Waals surface area contributed by atoms with E-state index in [0.717, 1.165) is 23.3 Å². The summed E-state index contributed by atoms with van der Waals surface area (Å²) < 4.78 is 40.2. The van der Waals surface area contributed by atoms with Gasteiger partial charge in [-0.05, 0) is 49.2 Å². The summed E-state index contributed by atoms with van der Waals surface area (Å²) in [6, 6.07) is 10.8. The summed E-state index contributed by atoms with van der Waals surface area (Å²) >= 11 is 5.97. The lowest BCUT2D eigenvalue weighted by Crippen LogP contribution is -2.51. The zero-order chi connectivity index (χ0) is 23.9. The monoisotopic (exact) mass is 493 g/mol. The molecule has 1 aromatic carbocycles. The van der Waals surface area contributed by atoms with Crippen LogP contribution in [0.2, 0.25) is 5.02 Å². The number of alkyl halides is 3. The van der Waals surface area contributed by atoms with Crippen LogP contribution in [0.5, 0.6) is 0 Å². The minimum Gasteiger partial charge on any atom is -0.368 e. The number of nitrogens with zero attached hydrogens (tertiary/aromatic N) is 7. The lowest BCUT2D eigenvalue weighted by molar-refractivity contribution is -0.146. The number of amides is 1. The quantitative estimate of drug-likeness (QED) is 0.557. The Kier molecular flexibility index (Phi) is 5.97. The number of piperidine rings is 1. The van der Waals surface area contributed by atoms with Crippen molar-refractivity contribution in [1.82, 2.24) is 24.7 Å². The number of benzene rings is 1. The minimum atomic E-state index is -4.64. The molecular formula is C22H23ClF3N7O. The predicted octanol–water partition coefficient (Wildman–Crippen LogP) is 3.36. The molecule has 8 nitrogen and oxygen atoms in total. The third-order valence-corrected chi connectivity index (χ3v) is 6.71. The Morgan fingerprint density at radius 1 is 0.882 bits per heavy atom. The Hall–Kier alpha value is -3.08. The summed E-state index contributed by atoms with van der Waals surface area (Å²) in [5, 5.41) is 11.6. The van der Waals surface area contributed by atoms with E-state index in [1.54, 1.807) is 6.07 Å². The highest BCUT2D eigenvalue weighted by molar-refractivity contribution is 6.30. The summed E-state index contributed by atoms with van der Waals surface area (Å²) in [5.41, 5.74) is 1.13. The molecule has 0 atom stereocenters. The highest BCUT2D eigenvalue weighted by Crippen LogP contribution is 2.29. The fraction of sp³-hybridized carbons (Fsp3) is 0.455. The Balaban J connectivity index is 1.18. The van der Waals surface area contributed by atoms with Gasteiger partial charge < -0.3 is 14.7 Å². The fourth-order valence-corrected chi connectivity index (χ4v) is 4.70. The number of halogens is 4. The van der Waals surface area contributed by atoms with Crippen molar-refractivity contribution in [2.75, 3.05) is 49.1 Å². The summed E-state index contributed by atoms with van der Waals surface area (Å²) in [7, 11) is 0. The van der Waals surface area contributed by atoms with Crippen molar-refractivity contribution in [2.24, 2.45) is 5.92 Å². The summed E-state index contributed by atoms with van der Waals surface area (Å²) in [6.45, 7) is 3.93. The van der Waals surface area contributed by atoms with Crippen molar-refractivity contribution in [3.05, 3.63) is 47.2 Å². The molecule has 34 heavy (non-hydrogen) atoms. The molecule has 0 N–H and O–H groups in total. The standard InChI is InChI=1S/C22H23ClF3N7O/c23-16-1-3-17(4-2-16)30-11-13-32(14-12-30)20(34)15-7-9-31(10-8-15)19-6-5-18-27-28-21(22(24,25)26)33(18)29-19/h1-6,15H,7-14H2. The maximum Gasteiger partial charge on any atom is 0.453 e. The first-order valence-corrected chi connectivity index (χ1v) is 11.5. The van der Waals surface area contributed by atoms with Gasteiger partial charge in [0.1, 0.15) is 5.82 Å². The molecule has 180 valence electrons. The molecule has 2 aliphatic rings. The Labute approximate surface area is 198 Å². The number of hydrogen-bond acceptors (Lipinski definition) is 6. The van der Waals surface area contributed by atoms with Gasteiger partial charge in [0, 0.05) is 55.9 Å². The highest BCUT2D eigenvalue weighted by Gasteiger charge is 2.38. The second-order valence-electron chi connectivity index (χ2n) is 8.53. The third kappa shape index (κ3) is 4.48. The van der Waals surface area contributed by atoms with Crippen LogP contribution in [0.25, 0.3) is 5.65 Å². The first kappa shape index (κ1) is 22.7. The average Bonchev–Trinajstić information content (AvgIpc) is 3.28. The topological polar surface area (TPSA) is 69.9 Å². The number of fused-ring (bicyclic) bond motifs is 1. The molecule has 2 aromatic heterocycles. The van der Waals surface area contributed by atoms with E-state index in [0.29, 0.717) is 49.9 Å². The molecule has 1 amide bonds. The van der Waals surface area contributed by atoms with Gasteiger partial charge in [-0.1, -0.05) is 11.6 Å². The van der Waals surface area contributed by atoms with E-state index >= 15 is 0 Å². The fourth-order valence-electron chi connectivity index (χ4n) is 4.58. The predicted molar refractivity (Wildman–Crippen MR) is 121 cm³/mol. The molecule has 0 radical (unpaired) electrons. The van der Waals surface area contributed by atoms with Crippen molar-refractivity contribution in [1.29, 1.82) is 0 Å². The Morgan fingerprint density at radius 2 is 1.56 bits per heavy atom. The molecule has 2 fully saturated rings. The second-order valence-corrected chi connectivity index (χ2v) is 8.97. The molecular weight excluding hydrogens is 471 g/mol. The average molecular weight is 494 g/mol. The smallest absolute Gasteiger partial charge is 0.368 e. The van der Waals surface area contributed by atoms with Crippen molar-refractivity contribution < 1.29 is 18.0 Å². The van der Waals surface area contributed by atoms with Crippen LogP contribution < -0.4 is 9.80 Å². The summed E-state index contributed by atoms with van der Waals surface area (Å²) in [6.07, 6.45) is -3.38. The third-order valence-electron chi connectivity index (χ3n) is 6.45. The number of carbonyl (C=O) groups is 1. The van der Waals surface area contributed by atoms with Crippen LogP contribution >= 0.6 is 11.6 Å². The molecule has 0 bridgehead atoms. The van der Waals surface area contributed by atoms with E-state index < -0.39 is 12.0 Å². The second kappa shape index (κ2) is 8.94. The van der Waals surface area contributed by atoms with Crippen LogP contribution in [0.3, 0.4) is 0 Å². The molecule has 12 heteroatoms. The van der Waals surface area contributed by atoms with E-state index in [4.69, 9.17) is 11.6 Å². The molecule has 2 saturated heterocycles. The first-order chi connectivity index (χ1) is 16.3. The molecule has 0 aliphatic carbocycles. The van der Waals surface area contributed by atoms with Crippen LogP contribution in [0.1, 0.15) is 18.7 Å². The van der Waals surface area contributed by atoms with E-state index in [-0.39, 0.29) is 17.5 Å². The number of carbonyl (C=O) groups excluding carboxylic acids is 1. The zero-order valence-electron chi connectivity index (χ0n) is 18.2. The number of anilines is 2. The maximum absolute atomic E-state index is 13.2. The van der Waals surface area contributed by atoms with Gasteiger partial charge in [-0.2, -0.15) is 17.7 Å². The van der Waals surface area contributed by atoms with Gasteiger partial charge in [-0.15, -0.1) is 15.3 Å². The van der Waals surface area contributed by atoms with Crippen molar-refractivity contribution in [3.8, 4) is 0 Å². The zero-order valence-corrected chi connectivity index (χ0v) is 19.0. The Bertz CT molecular complexity index is 1170. The van der Waals surface area contributed by atoms with Crippen LogP contribution in [0.4, 0.5) is 24.7 Å². The van der Waals surface area contributed by atoms with Gasteiger partial charge in [0.2, 0.25) is 5.91 Å². The Morgan fingerprint density at radius 3 is 2.21 bits per heavy atom. The number of hydrogen-bond donors (Lipinski definition) is 0. The number of rotatable bonds is 3. The van der Waals surface area contributed by atoms with Crippen LogP contribution in [-0.4, -0.2) is 69.9 Å². The molecule has 0 spiro atoms. The van der Waals surface area contributed by atoms with E-state index in [2.05, 4.69) is 20.2 Å². The van der Waals surface area contributed by atoms with Crippen molar-refractivity contribution >= 4 is 34.7 Å². The van der Waals surface area contributed by atoms with E-state index in [1.165, 1.54) is 6.07 Å². The van der Waals surface area contributed by atoms with Gasteiger partial charge in [-0.25, -0.2) is 0 Å². The normalized spacial score (nSPS) is 18.1. The van der Waals surface area contributed by atoms with Gasteiger partial charge in [0.25, 0.3) is 5.82 Å². The molecule has 3 aromatic rings. The van der Waals surface area contributed by atoms with Crippen LogP contribution in [-0.2, 0) is 11.0 Å². The van der Waals surface area contributed by atoms with Crippen LogP contribution in [0, 0.1) is 5.92 Å². The van der Waals surface area contributed by atoms with Crippen molar-refractivity contribution in [2.45, 2.75) is 19.0 Å². The van der Waals surface area contributed by atoms with Crippen LogP contribution in [0.15, 0.2) is 36.4 Å². The van der Waals surface area contributed by atoms with E-state index in [1.807, 2.05) is 34.1 Å². The molecule has 4 heterocycles. The van der Waals surface area contributed by atoms with Gasteiger partial charge in [-0.3, -0.25) is 4.79 Å². The molecule has 5 rings (SSSR count). The minimum absolute atomic E-state index is 0.0406.